The van der Waals surface area contributed by atoms with Gasteiger partial charge in [0.15, 0.2) is 0 Å². The van der Waals surface area contributed by atoms with Gasteiger partial charge in [-0.2, -0.15) is 0 Å². The van der Waals surface area contributed by atoms with Gasteiger partial charge in [-0.1, -0.05) is 0 Å². The number of hydrogen-bond acceptors (Lipinski definition) is 3. The van der Waals surface area contributed by atoms with Gasteiger partial charge in [-0.05, 0) is 19.1 Å². The fourth-order valence-electron chi connectivity index (χ4n) is 2.15. The number of aryl methyl sites for hydroxylation is 1. The molecule has 0 bridgehead atoms. The highest BCUT2D eigenvalue weighted by atomic mass is 32.2. The molecule has 1 atom stereocenters. The molecule has 1 saturated heterocycles. The lowest BCUT2D eigenvalue weighted by Crippen LogP contribution is -2.40. The van der Waals surface area contributed by atoms with Gasteiger partial charge in [0, 0.05) is 38.6 Å². The second-order valence-electron chi connectivity index (χ2n) is 4.30. The predicted molar refractivity (Wildman–Crippen MR) is 73.4 cm³/mol. The van der Waals surface area contributed by atoms with Crippen LogP contribution in [0.4, 0.5) is 0 Å². The Hall–Kier alpha value is -0.940. The van der Waals surface area contributed by atoms with Gasteiger partial charge in [0.2, 0.25) is 5.91 Å². The Balaban J connectivity index is 2.10. The maximum absolute atomic E-state index is 12.1. The van der Waals surface area contributed by atoms with Crippen LogP contribution in [-0.4, -0.2) is 40.9 Å². The van der Waals surface area contributed by atoms with Crippen LogP contribution >= 0.6 is 11.8 Å². The van der Waals surface area contributed by atoms with E-state index in [2.05, 4.69) is 10.6 Å². The molecule has 0 aliphatic carbocycles. The summed E-state index contributed by atoms with van der Waals surface area (Å²) >= 11 is 1.83. The zero-order valence-corrected chi connectivity index (χ0v) is 11.8. The van der Waals surface area contributed by atoms with Crippen molar-refractivity contribution in [3.05, 3.63) is 24.0 Å². The van der Waals surface area contributed by atoms with E-state index in [1.807, 2.05) is 42.9 Å². The fourth-order valence-corrected chi connectivity index (χ4v) is 3.48. The lowest BCUT2D eigenvalue weighted by Gasteiger charge is -2.35. The molecule has 18 heavy (non-hydrogen) atoms. The molecule has 1 aliphatic rings. The quantitative estimate of drug-likeness (QED) is 0.766. The molecule has 0 radical (unpaired) electrons. The van der Waals surface area contributed by atoms with Crippen LogP contribution < -0.4 is 0 Å². The zero-order chi connectivity index (χ0) is 13.0. The van der Waals surface area contributed by atoms with Crippen LogP contribution in [0.2, 0.25) is 0 Å². The highest BCUT2D eigenvalue weighted by Crippen LogP contribution is 2.36. The van der Waals surface area contributed by atoms with Crippen molar-refractivity contribution in [2.45, 2.75) is 18.7 Å². The molecule has 1 aromatic rings. The van der Waals surface area contributed by atoms with E-state index in [0.717, 1.165) is 5.75 Å². The third-order valence-corrected chi connectivity index (χ3v) is 4.36. The Morgan fingerprint density at radius 1 is 1.56 bits per heavy atom. The molecular formula is C13H20N2O2S. The van der Waals surface area contributed by atoms with Crippen LogP contribution in [0, 0.1) is 0 Å². The van der Waals surface area contributed by atoms with Crippen LogP contribution in [0.3, 0.4) is 0 Å². The number of rotatable bonds is 5. The summed E-state index contributed by atoms with van der Waals surface area (Å²) in [5, 5.41) is 0.131. The summed E-state index contributed by atoms with van der Waals surface area (Å²) in [6.07, 6.45) is 2.66. The summed E-state index contributed by atoms with van der Waals surface area (Å²) in [6.45, 7) is 3.96. The molecule has 0 saturated carbocycles. The van der Waals surface area contributed by atoms with Crippen molar-refractivity contribution < 1.29 is 9.53 Å². The Labute approximate surface area is 112 Å². The first kappa shape index (κ1) is 13.5. The molecule has 1 aromatic heterocycles. The first-order valence-corrected chi connectivity index (χ1v) is 7.39. The zero-order valence-electron chi connectivity index (χ0n) is 11.0. The molecule has 1 fully saturated rings. The van der Waals surface area contributed by atoms with E-state index in [1.165, 1.54) is 5.69 Å². The number of hydrogen-bond donors (Lipinski definition) is 0. The van der Waals surface area contributed by atoms with E-state index in [9.17, 15) is 4.79 Å². The van der Waals surface area contributed by atoms with Crippen molar-refractivity contribution in [3.8, 4) is 0 Å². The first-order chi connectivity index (χ1) is 8.74. The third-order valence-electron chi connectivity index (χ3n) is 3.11. The minimum Gasteiger partial charge on any atom is -0.380 e. The molecule has 0 aromatic carbocycles. The molecule has 0 spiro atoms. The van der Waals surface area contributed by atoms with E-state index in [1.54, 1.807) is 0 Å². The summed E-state index contributed by atoms with van der Waals surface area (Å²) in [5.41, 5.74) is 1.18. The summed E-state index contributed by atoms with van der Waals surface area (Å²) < 4.78 is 7.46. The third kappa shape index (κ3) is 2.90. The Morgan fingerprint density at radius 3 is 3.06 bits per heavy atom. The van der Waals surface area contributed by atoms with Crippen molar-refractivity contribution >= 4 is 17.7 Å². The maximum Gasteiger partial charge on any atom is 0.224 e. The van der Waals surface area contributed by atoms with Crippen molar-refractivity contribution in [1.82, 2.24) is 9.47 Å². The van der Waals surface area contributed by atoms with Crippen LogP contribution in [0.15, 0.2) is 18.3 Å². The molecule has 4 nitrogen and oxygen atoms in total. The van der Waals surface area contributed by atoms with Crippen LogP contribution in [0.5, 0.6) is 0 Å². The van der Waals surface area contributed by atoms with E-state index in [4.69, 9.17) is 4.74 Å². The number of carbonyl (C=O) groups excluding carboxylic acids is 1. The van der Waals surface area contributed by atoms with Crippen LogP contribution in [-0.2, 0) is 16.6 Å². The van der Waals surface area contributed by atoms with E-state index >= 15 is 0 Å². The highest BCUT2D eigenvalue weighted by molar-refractivity contribution is 7.99. The topological polar surface area (TPSA) is 34.5 Å². The van der Waals surface area contributed by atoms with Crippen molar-refractivity contribution in [2.24, 2.45) is 7.05 Å². The molecule has 2 heterocycles. The number of thioether (sulfide) groups is 1. The molecule has 1 unspecified atom stereocenters. The van der Waals surface area contributed by atoms with E-state index in [-0.39, 0.29) is 11.3 Å². The SMILES string of the molecule is CCOCCN1C(=O)CCSC1c1cccn1C. The van der Waals surface area contributed by atoms with Crippen molar-refractivity contribution in [1.29, 1.82) is 0 Å². The summed E-state index contributed by atoms with van der Waals surface area (Å²) in [6, 6.07) is 4.11. The molecule has 5 heteroatoms. The molecule has 100 valence electrons. The van der Waals surface area contributed by atoms with Crippen LogP contribution in [0.1, 0.15) is 24.4 Å². The normalized spacial score (nSPS) is 20.4. The second-order valence-corrected chi connectivity index (χ2v) is 5.49. The van der Waals surface area contributed by atoms with Gasteiger partial charge in [0.05, 0.1) is 12.3 Å². The van der Waals surface area contributed by atoms with Crippen molar-refractivity contribution in [2.75, 3.05) is 25.5 Å². The largest absolute Gasteiger partial charge is 0.380 e. The summed E-state index contributed by atoms with van der Waals surface area (Å²) in [5.74, 6) is 1.14. The molecule has 2 rings (SSSR count). The minimum absolute atomic E-state index is 0.131. The second kappa shape index (κ2) is 6.29. The summed E-state index contributed by atoms with van der Waals surface area (Å²) in [7, 11) is 2.02. The smallest absolute Gasteiger partial charge is 0.224 e. The number of amides is 1. The minimum atomic E-state index is 0.131. The number of nitrogens with zero attached hydrogens (tertiary/aromatic N) is 2. The first-order valence-electron chi connectivity index (χ1n) is 6.34. The highest BCUT2D eigenvalue weighted by Gasteiger charge is 2.30. The Kier molecular flexibility index (Phi) is 4.72. The number of ether oxygens (including phenoxy) is 1. The standard InChI is InChI=1S/C13H20N2O2S/c1-3-17-9-8-15-12(16)6-10-18-13(15)11-5-4-7-14(11)2/h4-5,7,13H,3,6,8-10H2,1-2H3. The monoisotopic (exact) mass is 268 g/mol. The maximum atomic E-state index is 12.1. The predicted octanol–water partition coefficient (Wildman–Crippen LogP) is 2.03. The average Bonchev–Trinajstić information content (AvgIpc) is 2.78. The Bertz CT molecular complexity index is 405. The fraction of sp³-hybridized carbons (Fsp3) is 0.615. The van der Waals surface area contributed by atoms with E-state index in [0.29, 0.717) is 26.2 Å². The number of aromatic nitrogens is 1. The van der Waals surface area contributed by atoms with Gasteiger partial charge in [-0.15, -0.1) is 11.8 Å². The van der Waals surface area contributed by atoms with Crippen LogP contribution in [0.25, 0.3) is 0 Å². The van der Waals surface area contributed by atoms with Gasteiger partial charge >= 0.3 is 0 Å². The van der Waals surface area contributed by atoms with Gasteiger partial charge < -0.3 is 14.2 Å². The van der Waals surface area contributed by atoms with Gasteiger partial charge in [-0.25, -0.2) is 0 Å². The molecule has 1 aliphatic heterocycles. The van der Waals surface area contributed by atoms with Gasteiger partial charge in [0.1, 0.15) is 5.37 Å². The number of carbonyl (C=O) groups is 1. The molecule has 1 amide bonds. The summed E-state index contributed by atoms with van der Waals surface area (Å²) in [4.78, 5) is 14.0. The molecular weight excluding hydrogens is 248 g/mol. The van der Waals surface area contributed by atoms with Crippen molar-refractivity contribution in [3.63, 3.8) is 0 Å². The van der Waals surface area contributed by atoms with E-state index < -0.39 is 0 Å². The molecule has 0 N–H and O–H groups in total. The lowest BCUT2D eigenvalue weighted by molar-refractivity contribution is -0.133. The Morgan fingerprint density at radius 2 is 2.39 bits per heavy atom. The lowest BCUT2D eigenvalue weighted by atomic mass is 10.3. The van der Waals surface area contributed by atoms with Gasteiger partial charge in [0.25, 0.3) is 0 Å². The van der Waals surface area contributed by atoms with Gasteiger partial charge in [-0.3, -0.25) is 4.79 Å². The average molecular weight is 268 g/mol.